The van der Waals surface area contributed by atoms with Crippen LogP contribution in [0.25, 0.3) is 0 Å². The zero-order valence-corrected chi connectivity index (χ0v) is 13.5. The van der Waals surface area contributed by atoms with E-state index >= 15 is 0 Å². The van der Waals surface area contributed by atoms with E-state index in [-0.39, 0.29) is 6.29 Å². The SMILES string of the molecule is CCOC1OC1[C@H]1C[C@@H](NS2=CCC23CC3)C[C@H]1CC. The molecule has 3 nitrogen and oxygen atoms in total. The van der Waals surface area contributed by atoms with E-state index in [4.69, 9.17) is 9.47 Å². The van der Waals surface area contributed by atoms with Crippen molar-refractivity contribution < 1.29 is 9.47 Å². The van der Waals surface area contributed by atoms with Crippen molar-refractivity contribution in [2.24, 2.45) is 11.8 Å². The molecule has 2 saturated carbocycles. The van der Waals surface area contributed by atoms with Gasteiger partial charge in [0, 0.05) is 17.4 Å². The van der Waals surface area contributed by atoms with Crippen LogP contribution in [-0.2, 0) is 9.47 Å². The topological polar surface area (TPSA) is 33.8 Å². The highest BCUT2D eigenvalue weighted by Crippen LogP contribution is 2.59. The Morgan fingerprint density at radius 3 is 2.80 bits per heavy atom. The van der Waals surface area contributed by atoms with Gasteiger partial charge in [-0.15, -0.1) is 10.7 Å². The summed E-state index contributed by atoms with van der Waals surface area (Å²) in [6.45, 7) is 5.16. The highest BCUT2D eigenvalue weighted by Gasteiger charge is 2.53. The van der Waals surface area contributed by atoms with E-state index in [9.17, 15) is 0 Å². The van der Waals surface area contributed by atoms with Crippen molar-refractivity contribution in [2.75, 3.05) is 6.61 Å². The molecule has 0 aromatic heterocycles. The predicted octanol–water partition coefficient (Wildman–Crippen LogP) is 3.06. The first-order chi connectivity index (χ1) is 9.75. The minimum atomic E-state index is 0.102. The number of epoxide rings is 1. The molecule has 1 N–H and O–H groups in total. The van der Waals surface area contributed by atoms with Crippen LogP contribution in [-0.4, -0.2) is 35.2 Å². The van der Waals surface area contributed by atoms with Gasteiger partial charge in [0.15, 0.2) is 6.29 Å². The molecule has 0 aromatic carbocycles. The molecule has 3 unspecified atom stereocenters. The minimum absolute atomic E-state index is 0.102. The average Bonchev–Trinajstić information content (AvgIpc) is 3.34. The van der Waals surface area contributed by atoms with Crippen LogP contribution >= 0.6 is 10.7 Å². The molecule has 2 heterocycles. The van der Waals surface area contributed by atoms with E-state index in [0.717, 1.165) is 17.3 Å². The third kappa shape index (κ3) is 2.29. The normalized spacial score (nSPS) is 47.9. The summed E-state index contributed by atoms with van der Waals surface area (Å²) in [6, 6.07) is 0.716. The molecule has 1 spiro atoms. The summed E-state index contributed by atoms with van der Waals surface area (Å²) in [5.41, 5.74) is 0. The van der Waals surface area contributed by atoms with Crippen LogP contribution in [0, 0.1) is 11.8 Å². The summed E-state index contributed by atoms with van der Waals surface area (Å²) < 4.78 is 16.1. The molecule has 6 atom stereocenters. The van der Waals surface area contributed by atoms with Crippen molar-refractivity contribution in [1.29, 1.82) is 0 Å². The number of hydrogen-bond donors (Lipinski definition) is 1. The number of nitrogens with one attached hydrogen (secondary N) is 1. The summed E-state index contributed by atoms with van der Waals surface area (Å²) in [6.07, 6.45) is 8.70. The quantitative estimate of drug-likeness (QED) is 0.604. The maximum Gasteiger partial charge on any atom is 0.184 e. The maximum absolute atomic E-state index is 5.76. The van der Waals surface area contributed by atoms with Gasteiger partial charge in [-0.1, -0.05) is 13.3 Å². The second-order valence-corrected chi connectivity index (χ2v) is 9.04. The third-order valence-corrected chi connectivity index (χ3v) is 8.29. The first-order valence-corrected chi connectivity index (χ1v) is 9.64. The van der Waals surface area contributed by atoms with Crippen molar-refractivity contribution in [3.05, 3.63) is 0 Å². The lowest BCUT2D eigenvalue weighted by atomic mass is 9.91. The lowest BCUT2D eigenvalue weighted by molar-refractivity contribution is 0.0592. The molecule has 0 amide bonds. The molecule has 4 rings (SSSR count). The van der Waals surface area contributed by atoms with Crippen LogP contribution in [0.3, 0.4) is 0 Å². The van der Waals surface area contributed by atoms with Crippen LogP contribution in [0.5, 0.6) is 0 Å². The van der Waals surface area contributed by atoms with Gasteiger partial charge in [-0.05, 0) is 56.2 Å². The molecule has 20 heavy (non-hydrogen) atoms. The fourth-order valence-corrected chi connectivity index (χ4v) is 6.40. The highest BCUT2D eigenvalue weighted by molar-refractivity contribution is 8.16. The summed E-state index contributed by atoms with van der Waals surface area (Å²) in [7, 11) is 0.431. The van der Waals surface area contributed by atoms with Crippen LogP contribution < -0.4 is 4.72 Å². The molecule has 0 aromatic rings. The molecular weight excluding hydrogens is 270 g/mol. The third-order valence-electron chi connectivity index (χ3n) is 5.70. The monoisotopic (exact) mass is 297 g/mol. The number of hydrogen-bond acceptors (Lipinski definition) is 3. The summed E-state index contributed by atoms with van der Waals surface area (Å²) >= 11 is 0. The molecule has 4 heteroatoms. The minimum Gasteiger partial charge on any atom is -0.350 e. The lowest BCUT2D eigenvalue weighted by Gasteiger charge is -2.31. The molecule has 2 aliphatic heterocycles. The zero-order valence-electron chi connectivity index (χ0n) is 12.6. The molecular formula is C16H27NO2S. The first-order valence-electron chi connectivity index (χ1n) is 8.35. The van der Waals surface area contributed by atoms with Crippen LogP contribution in [0.4, 0.5) is 0 Å². The van der Waals surface area contributed by atoms with Gasteiger partial charge in [0.25, 0.3) is 0 Å². The number of rotatable bonds is 6. The first kappa shape index (κ1) is 13.7. The van der Waals surface area contributed by atoms with Crippen molar-refractivity contribution in [3.8, 4) is 0 Å². The average molecular weight is 297 g/mol. The standard InChI is InChI=1S/C16H27NO2S/c1-3-11-9-12(17-20-8-7-16(20)5-6-16)10-13(11)14-15(19-14)18-4-2/h8,11-15,17H,3-7,9-10H2,1-2H3/t11-,12+,13+,14?,15?,20?/m1/s1. The van der Waals surface area contributed by atoms with E-state index in [2.05, 4.69) is 23.9 Å². The molecule has 114 valence electrons. The Morgan fingerprint density at radius 2 is 2.20 bits per heavy atom. The predicted molar refractivity (Wildman–Crippen MR) is 84.0 cm³/mol. The van der Waals surface area contributed by atoms with E-state index in [1.54, 1.807) is 0 Å². The van der Waals surface area contributed by atoms with Crippen molar-refractivity contribution in [1.82, 2.24) is 4.72 Å². The van der Waals surface area contributed by atoms with Gasteiger partial charge in [-0.25, -0.2) is 0 Å². The smallest absolute Gasteiger partial charge is 0.184 e. The van der Waals surface area contributed by atoms with E-state index < -0.39 is 0 Å². The number of ether oxygens (including phenoxy) is 2. The molecule has 4 aliphatic rings. The molecule has 0 radical (unpaired) electrons. The Kier molecular flexibility index (Phi) is 3.49. The fraction of sp³-hybridized carbons (Fsp3) is 0.938. The van der Waals surface area contributed by atoms with Gasteiger partial charge in [0.1, 0.15) is 6.10 Å². The molecule has 2 aliphatic carbocycles. The van der Waals surface area contributed by atoms with Gasteiger partial charge < -0.3 is 9.47 Å². The Hall–Kier alpha value is 0.100. The summed E-state index contributed by atoms with van der Waals surface area (Å²) in [4.78, 5) is 0. The van der Waals surface area contributed by atoms with E-state index in [1.165, 1.54) is 38.5 Å². The van der Waals surface area contributed by atoms with Crippen molar-refractivity contribution >= 4 is 16.0 Å². The lowest BCUT2D eigenvalue weighted by Crippen LogP contribution is -2.32. The highest BCUT2D eigenvalue weighted by atomic mass is 32.2. The second-order valence-electron chi connectivity index (χ2n) is 6.93. The Morgan fingerprint density at radius 1 is 1.35 bits per heavy atom. The van der Waals surface area contributed by atoms with Crippen molar-refractivity contribution in [3.63, 3.8) is 0 Å². The Balaban J connectivity index is 1.34. The molecule has 3 fully saturated rings. The zero-order chi connectivity index (χ0) is 13.7. The van der Waals surface area contributed by atoms with Crippen LogP contribution in [0.2, 0.25) is 0 Å². The Labute approximate surface area is 124 Å². The van der Waals surface area contributed by atoms with Gasteiger partial charge >= 0.3 is 0 Å². The van der Waals surface area contributed by atoms with Crippen molar-refractivity contribution in [2.45, 2.75) is 75.6 Å². The maximum atomic E-state index is 5.76. The fourth-order valence-electron chi connectivity index (χ4n) is 4.15. The Bertz CT molecular complexity index is 421. The van der Waals surface area contributed by atoms with Gasteiger partial charge in [-0.3, -0.25) is 4.72 Å². The largest absolute Gasteiger partial charge is 0.350 e. The summed E-state index contributed by atoms with van der Waals surface area (Å²) in [5, 5.41) is 2.53. The molecule has 0 bridgehead atoms. The second kappa shape index (κ2) is 5.08. The van der Waals surface area contributed by atoms with Crippen LogP contribution in [0.1, 0.15) is 52.4 Å². The summed E-state index contributed by atoms with van der Waals surface area (Å²) in [5.74, 6) is 1.54. The van der Waals surface area contributed by atoms with E-state index in [0.29, 0.717) is 28.7 Å². The van der Waals surface area contributed by atoms with Crippen LogP contribution in [0.15, 0.2) is 0 Å². The van der Waals surface area contributed by atoms with Gasteiger partial charge in [0.05, 0.1) is 0 Å². The van der Waals surface area contributed by atoms with Gasteiger partial charge in [0.2, 0.25) is 0 Å². The molecule has 1 saturated heterocycles. The van der Waals surface area contributed by atoms with Gasteiger partial charge in [-0.2, -0.15) is 0 Å². The van der Waals surface area contributed by atoms with E-state index in [1.807, 2.05) is 0 Å².